The van der Waals surface area contributed by atoms with Crippen LogP contribution in [0.25, 0.3) is 0 Å². The van der Waals surface area contributed by atoms with Gasteiger partial charge >= 0.3 is 5.97 Å². The lowest BCUT2D eigenvalue weighted by Gasteiger charge is -2.38. The molecule has 120 valence electrons. The average Bonchev–Trinajstić information content (AvgIpc) is 2.45. The zero-order valence-electron chi connectivity index (χ0n) is 14.4. The predicted octanol–water partition coefficient (Wildman–Crippen LogP) is 4.30. The first-order chi connectivity index (χ1) is 9.81. The standard InChI is InChI=1S/C17H30O3Si/c1-8-13-17(7,14-15(6)16(18)19-9-2)20-21(10-3,11-4)12-5/h1,14H,9-13H2,2-7H3/b15-14+/t17-/m0/s1. The van der Waals surface area contributed by atoms with Gasteiger partial charge in [0.25, 0.3) is 0 Å². The van der Waals surface area contributed by atoms with Gasteiger partial charge in [0.15, 0.2) is 8.32 Å². The summed E-state index contributed by atoms with van der Waals surface area (Å²) in [5, 5.41) is 0. The lowest BCUT2D eigenvalue weighted by atomic mass is 10.00. The minimum atomic E-state index is -1.80. The van der Waals surface area contributed by atoms with Gasteiger partial charge in [0.1, 0.15) is 0 Å². The first-order valence-corrected chi connectivity index (χ1v) is 10.3. The molecule has 0 heterocycles. The van der Waals surface area contributed by atoms with Crippen LogP contribution >= 0.6 is 0 Å². The van der Waals surface area contributed by atoms with Crippen LogP contribution in [0.3, 0.4) is 0 Å². The molecule has 0 N–H and O–H groups in total. The van der Waals surface area contributed by atoms with E-state index in [1.807, 2.05) is 13.0 Å². The second-order valence-corrected chi connectivity index (χ2v) is 10.3. The summed E-state index contributed by atoms with van der Waals surface area (Å²) in [7, 11) is -1.80. The van der Waals surface area contributed by atoms with E-state index in [0.717, 1.165) is 18.1 Å². The number of carbonyl (C=O) groups is 1. The van der Waals surface area contributed by atoms with E-state index in [0.29, 0.717) is 18.6 Å². The highest BCUT2D eigenvalue weighted by atomic mass is 28.4. The largest absolute Gasteiger partial charge is 0.463 e. The summed E-state index contributed by atoms with van der Waals surface area (Å²) in [6, 6.07) is 3.14. The van der Waals surface area contributed by atoms with E-state index >= 15 is 0 Å². The fourth-order valence-electron chi connectivity index (χ4n) is 2.54. The number of carbonyl (C=O) groups excluding carboxylic acids is 1. The Hall–Kier alpha value is -1.05. The Balaban J connectivity index is 5.39. The van der Waals surface area contributed by atoms with Gasteiger partial charge in [0.05, 0.1) is 12.2 Å². The van der Waals surface area contributed by atoms with Crippen LogP contribution in [0.1, 0.15) is 48.0 Å². The molecule has 0 unspecified atom stereocenters. The van der Waals surface area contributed by atoms with Crippen LogP contribution in [-0.4, -0.2) is 26.5 Å². The van der Waals surface area contributed by atoms with Crippen molar-refractivity contribution in [2.45, 2.75) is 71.7 Å². The molecule has 0 fully saturated rings. The van der Waals surface area contributed by atoms with Gasteiger partial charge in [-0.25, -0.2) is 4.79 Å². The van der Waals surface area contributed by atoms with Crippen molar-refractivity contribution in [1.82, 2.24) is 0 Å². The number of hydrogen-bond donors (Lipinski definition) is 0. The number of ether oxygens (including phenoxy) is 1. The van der Waals surface area contributed by atoms with Gasteiger partial charge in [-0.2, -0.15) is 0 Å². The molecule has 0 amide bonds. The third-order valence-corrected chi connectivity index (χ3v) is 8.72. The van der Waals surface area contributed by atoms with E-state index in [2.05, 4.69) is 26.7 Å². The molecule has 0 saturated heterocycles. The smallest absolute Gasteiger partial charge is 0.333 e. The quantitative estimate of drug-likeness (QED) is 0.276. The minimum absolute atomic E-state index is 0.305. The van der Waals surface area contributed by atoms with E-state index in [1.165, 1.54) is 0 Å². The zero-order valence-corrected chi connectivity index (χ0v) is 15.4. The molecule has 0 aliphatic rings. The molecular formula is C17H30O3Si. The molecule has 0 aromatic rings. The van der Waals surface area contributed by atoms with Crippen LogP contribution in [0, 0.1) is 12.3 Å². The van der Waals surface area contributed by atoms with E-state index < -0.39 is 13.9 Å². The molecule has 0 spiro atoms. The maximum atomic E-state index is 11.8. The van der Waals surface area contributed by atoms with Crippen LogP contribution in [-0.2, 0) is 14.0 Å². The van der Waals surface area contributed by atoms with Crippen LogP contribution in [0.4, 0.5) is 0 Å². The topological polar surface area (TPSA) is 35.5 Å². The first kappa shape index (κ1) is 19.9. The molecule has 0 rings (SSSR count). The van der Waals surface area contributed by atoms with Crippen molar-refractivity contribution in [2.75, 3.05) is 6.61 Å². The molecule has 0 aliphatic carbocycles. The van der Waals surface area contributed by atoms with Crippen molar-refractivity contribution in [2.24, 2.45) is 0 Å². The minimum Gasteiger partial charge on any atom is -0.463 e. The van der Waals surface area contributed by atoms with Crippen molar-refractivity contribution >= 4 is 14.3 Å². The number of esters is 1. The van der Waals surface area contributed by atoms with Crippen molar-refractivity contribution in [1.29, 1.82) is 0 Å². The molecule has 0 aromatic carbocycles. The van der Waals surface area contributed by atoms with Crippen LogP contribution in [0.2, 0.25) is 18.1 Å². The maximum absolute atomic E-state index is 11.8. The molecule has 3 nitrogen and oxygen atoms in total. The van der Waals surface area contributed by atoms with Gasteiger partial charge < -0.3 is 9.16 Å². The van der Waals surface area contributed by atoms with Crippen LogP contribution in [0.15, 0.2) is 11.6 Å². The van der Waals surface area contributed by atoms with Gasteiger partial charge in [-0.3, -0.25) is 0 Å². The average molecular weight is 311 g/mol. The fraction of sp³-hybridized carbons (Fsp3) is 0.706. The summed E-state index contributed by atoms with van der Waals surface area (Å²) < 4.78 is 11.6. The Morgan fingerprint density at radius 2 is 1.76 bits per heavy atom. The Bertz CT molecular complexity index is 396. The molecule has 0 saturated carbocycles. The Morgan fingerprint density at radius 3 is 2.14 bits per heavy atom. The van der Waals surface area contributed by atoms with Crippen molar-refractivity contribution in [3.63, 3.8) is 0 Å². The molecule has 21 heavy (non-hydrogen) atoms. The monoisotopic (exact) mass is 310 g/mol. The Kier molecular flexibility index (Phi) is 8.61. The predicted molar refractivity (Wildman–Crippen MR) is 90.5 cm³/mol. The molecule has 0 aromatic heterocycles. The van der Waals surface area contributed by atoms with Crippen LogP contribution < -0.4 is 0 Å². The first-order valence-electron chi connectivity index (χ1n) is 7.82. The maximum Gasteiger partial charge on any atom is 0.333 e. The second-order valence-electron chi connectivity index (χ2n) is 5.59. The molecular weight excluding hydrogens is 280 g/mol. The molecule has 0 aliphatic heterocycles. The Morgan fingerprint density at radius 1 is 1.24 bits per heavy atom. The highest BCUT2D eigenvalue weighted by Gasteiger charge is 2.37. The number of rotatable bonds is 9. The normalized spacial score (nSPS) is 15.2. The van der Waals surface area contributed by atoms with Gasteiger partial charge in [-0.1, -0.05) is 20.8 Å². The second kappa shape index (κ2) is 9.06. The SMILES string of the molecule is C#CC[C@@](C)(/C=C(\C)C(=O)OCC)O[Si](CC)(CC)CC. The fourth-order valence-corrected chi connectivity index (χ4v) is 5.60. The molecule has 0 bridgehead atoms. The third kappa shape index (κ3) is 6.07. The number of hydrogen-bond acceptors (Lipinski definition) is 3. The van der Waals surface area contributed by atoms with E-state index in [1.54, 1.807) is 13.8 Å². The van der Waals surface area contributed by atoms with Gasteiger partial charge in [0, 0.05) is 12.0 Å². The molecule has 1 atom stereocenters. The third-order valence-electron chi connectivity index (χ3n) is 3.95. The van der Waals surface area contributed by atoms with Crippen molar-refractivity contribution in [3.8, 4) is 12.3 Å². The molecule has 4 heteroatoms. The highest BCUT2D eigenvalue weighted by molar-refractivity contribution is 6.73. The zero-order chi connectivity index (χ0) is 16.5. The summed E-state index contributed by atoms with van der Waals surface area (Å²) in [6.45, 7) is 12.4. The van der Waals surface area contributed by atoms with Gasteiger partial charge in [-0.05, 0) is 45.0 Å². The summed E-state index contributed by atoms with van der Waals surface area (Å²) >= 11 is 0. The Labute approximate surface area is 131 Å². The van der Waals surface area contributed by atoms with E-state index in [9.17, 15) is 4.79 Å². The lowest BCUT2D eigenvalue weighted by Crippen LogP contribution is -2.45. The van der Waals surface area contributed by atoms with Gasteiger partial charge in [0.2, 0.25) is 0 Å². The molecule has 0 radical (unpaired) electrons. The summed E-state index contributed by atoms with van der Waals surface area (Å²) in [6.07, 6.45) is 7.81. The van der Waals surface area contributed by atoms with Crippen LogP contribution in [0.5, 0.6) is 0 Å². The summed E-state index contributed by atoms with van der Waals surface area (Å²) in [4.78, 5) is 11.8. The number of terminal acetylenes is 1. The van der Waals surface area contributed by atoms with Crippen molar-refractivity contribution in [3.05, 3.63) is 11.6 Å². The van der Waals surface area contributed by atoms with E-state index in [4.69, 9.17) is 15.6 Å². The van der Waals surface area contributed by atoms with Crippen molar-refractivity contribution < 1.29 is 14.0 Å². The van der Waals surface area contributed by atoms with E-state index in [-0.39, 0.29) is 5.97 Å². The lowest BCUT2D eigenvalue weighted by molar-refractivity contribution is -0.138. The summed E-state index contributed by atoms with van der Waals surface area (Å²) in [5.41, 5.74) is -0.0411. The van der Waals surface area contributed by atoms with Gasteiger partial charge in [-0.15, -0.1) is 12.3 Å². The summed E-state index contributed by atoms with van der Waals surface area (Å²) in [5.74, 6) is 2.38. The highest BCUT2D eigenvalue weighted by Crippen LogP contribution is 2.31.